The minimum atomic E-state index is 0. The summed E-state index contributed by atoms with van der Waals surface area (Å²) in [6.07, 6.45) is 0. The first kappa shape index (κ1) is 31.0. The average molecular weight is 230 g/mol. The Kier molecular flexibility index (Phi) is 115. The van der Waals surface area contributed by atoms with Crippen molar-refractivity contribution in [2.75, 3.05) is 0 Å². The zero-order valence-electron chi connectivity index (χ0n) is 5.59. The largest absolute Gasteiger partial charge is 1.00 e. The van der Waals surface area contributed by atoms with Gasteiger partial charge in [0.1, 0.15) is 0 Å². The smallest absolute Gasteiger partial charge is 0.147 e. The Morgan fingerprint density at radius 1 is 0.889 bits per heavy atom. The number of hydrogen-bond donors (Lipinski definition) is 0. The van der Waals surface area contributed by atoms with Crippen LogP contribution in [0.3, 0.4) is 0 Å². The molecule has 0 aliphatic heterocycles. The Balaban J connectivity index is -0.0000000133. The molecule has 0 aliphatic rings. The number of halogens is 4. The van der Waals surface area contributed by atoms with Crippen molar-refractivity contribution in [1.29, 1.82) is 0 Å². The van der Waals surface area contributed by atoms with Gasteiger partial charge >= 0.3 is 39.6 Å². The van der Waals surface area contributed by atoms with Crippen LogP contribution in [0.25, 0.3) is 0 Å². The van der Waals surface area contributed by atoms with Gasteiger partial charge in [-0.25, -0.2) is 0 Å². The molecular weight excluding hydrogens is 217 g/mol. The van der Waals surface area contributed by atoms with E-state index in [1.54, 1.807) is 0 Å². The second-order valence-electron chi connectivity index (χ2n) is 1.11. The van der Waals surface area contributed by atoms with E-state index < -0.39 is 0 Å². The molecule has 0 radical (unpaired) electrons. The molecule has 0 saturated heterocycles. The standard InChI is InChI=1S/2C2H5.Al.4ClH/c2*1-2;;;;;/h2*1H2,2H3;;4*1H/q;;+1;;;;/p-1. The maximum atomic E-state index is 2.25. The summed E-state index contributed by atoms with van der Waals surface area (Å²) < 4.78 is 0. The van der Waals surface area contributed by atoms with E-state index in [9.17, 15) is 0 Å². The van der Waals surface area contributed by atoms with E-state index in [0.29, 0.717) is 0 Å². The molecule has 0 amide bonds. The average Bonchev–Trinajstić information content (AvgIpc) is 1.41. The summed E-state index contributed by atoms with van der Waals surface area (Å²) in [6, 6.07) is 0. The molecular formula is C4H13AlCl4. The molecule has 5 heteroatoms. The molecule has 9 heavy (non-hydrogen) atoms. The maximum absolute atomic E-state index is 2.25. The molecule has 0 aromatic rings. The summed E-state index contributed by atoms with van der Waals surface area (Å²) in [5.41, 5.74) is 0. The van der Waals surface area contributed by atoms with Crippen molar-refractivity contribution in [2.45, 2.75) is 24.4 Å². The summed E-state index contributed by atoms with van der Waals surface area (Å²) in [4.78, 5) is 0. The Bertz CT molecular complexity index is 20.0. The fraction of sp³-hybridized carbons (Fsp3) is 1.00. The normalized spacial score (nSPS) is 3.78. The third-order valence-electron chi connectivity index (χ3n) is 0.577. The Morgan fingerprint density at radius 2 is 1.11 bits per heavy atom. The molecule has 60 valence electrons. The third-order valence-corrected chi connectivity index (χ3v) is 1.73. The van der Waals surface area contributed by atoms with Crippen molar-refractivity contribution in [3.05, 3.63) is 0 Å². The van der Waals surface area contributed by atoms with Crippen LogP contribution in [0.5, 0.6) is 0 Å². The topological polar surface area (TPSA) is 0 Å². The molecule has 0 aromatic heterocycles. The fourth-order valence-electron chi connectivity index (χ4n) is 0.289. The molecule has 0 aromatic carbocycles. The summed E-state index contributed by atoms with van der Waals surface area (Å²) in [5, 5.41) is 2.85. The van der Waals surface area contributed by atoms with Gasteiger partial charge in [0.15, 0.2) is 0 Å². The molecule has 0 atom stereocenters. The minimum Gasteiger partial charge on any atom is -1.00 e. The van der Waals surface area contributed by atoms with Crippen LogP contribution in [0, 0.1) is 0 Å². The van der Waals surface area contributed by atoms with Gasteiger partial charge in [0, 0.05) is 0 Å². The van der Waals surface area contributed by atoms with Crippen LogP contribution in [0.2, 0.25) is 10.6 Å². The summed E-state index contributed by atoms with van der Waals surface area (Å²) in [6.45, 7) is 4.50. The minimum absolute atomic E-state index is 0. The van der Waals surface area contributed by atoms with Crippen LogP contribution in [-0.4, -0.2) is 15.2 Å². The van der Waals surface area contributed by atoms with Crippen molar-refractivity contribution in [3.63, 3.8) is 0 Å². The molecule has 0 bridgehead atoms. The first-order valence-electron chi connectivity index (χ1n) is 2.23. The Hall–Kier alpha value is 1.69. The predicted octanol–water partition coefficient (Wildman–Crippen LogP) is -0.164. The number of rotatable bonds is 2. The van der Waals surface area contributed by atoms with Gasteiger partial charge in [0.25, 0.3) is 0 Å². The summed E-state index contributed by atoms with van der Waals surface area (Å²) in [7, 11) is 0. The van der Waals surface area contributed by atoms with Crippen LogP contribution in [0.1, 0.15) is 13.8 Å². The maximum Gasteiger partial charge on any atom is -0.147 e. The Morgan fingerprint density at radius 3 is 1.11 bits per heavy atom. The van der Waals surface area contributed by atoms with Gasteiger partial charge in [-0.1, -0.05) is 0 Å². The van der Waals surface area contributed by atoms with Gasteiger partial charge < -0.3 is 12.4 Å². The molecule has 0 spiro atoms. The van der Waals surface area contributed by atoms with Gasteiger partial charge in [-0.05, 0) is 0 Å². The molecule has 0 aliphatic carbocycles. The summed E-state index contributed by atoms with van der Waals surface area (Å²) >= 11 is 0.815. The van der Waals surface area contributed by atoms with E-state index in [-0.39, 0.29) is 49.6 Å². The molecule has 0 unspecified atom stereocenters. The monoisotopic (exact) mass is 228 g/mol. The van der Waals surface area contributed by atoms with E-state index in [2.05, 4.69) is 13.8 Å². The van der Waals surface area contributed by atoms with Crippen molar-refractivity contribution < 1.29 is 12.4 Å². The first-order chi connectivity index (χ1) is 2.41. The van der Waals surface area contributed by atoms with Gasteiger partial charge in [-0.3, -0.25) is 0 Å². The quantitative estimate of drug-likeness (QED) is 0.578. The van der Waals surface area contributed by atoms with E-state index in [1.165, 1.54) is 10.6 Å². The SMILES string of the molecule is C[CH2][Al+][CH2]C.Cl.Cl.Cl.[Cl-]. The van der Waals surface area contributed by atoms with E-state index in [4.69, 9.17) is 0 Å². The molecule has 0 saturated carbocycles. The van der Waals surface area contributed by atoms with Crippen LogP contribution in [0.4, 0.5) is 0 Å². The molecule has 0 N–H and O–H groups in total. The second-order valence-corrected chi connectivity index (χ2v) is 3.32. The van der Waals surface area contributed by atoms with E-state index in [0.717, 1.165) is 15.2 Å². The van der Waals surface area contributed by atoms with Crippen molar-refractivity contribution in [1.82, 2.24) is 0 Å². The molecule has 0 nitrogen and oxygen atoms in total. The van der Waals surface area contributed by atoms with E-state index >= 15 is 0 Å². The Labute approximate surface area is 88.9 Å². The fourth-order valence-corrected chi connectivity index (χ4v) is 0.866. The van der Waals surface area contributed by atoms with Gasteiger partial charge in [-0.15, -0.1) is 37.2 Å². The van der Waals surface area contributed by atoms with Crippen LogP contribution < -0.4 is 12.4 Å². The molecule has 0 fully saturated rings. The second kappa shape index (κ2) is 33.3. The van der Waals surface area contributed by atoms with Crippen molar-refractivity contribution >= 4 is 52.4 Å². The van der Waals surface area contributed by atoms with Crippen molar-refractivity contribution in [3.8, 4) is 0 Å². The van der Waals surface area contributed by atoms with E-state index in [1.807, 2.05) is 0 Å². The predicted molar refractivity (Wildman–Crippen MR) is 48.5 cm³/mol. The van der Waals surface area contributed by atoms with Crippen LogP contribution in [-0.2, 0) is 0 Å². The third kappa shape index (κ3) is 42.1. The molecule has 0 heterocycles. The first-order valence-corrected chi connectivity index (χ1v) is 3.86. The molecule has 0 rings (SSSR count). The zero-order valence-corrected chi connectivity index (χ0v) is 9.95. The summed E-state index contributed by atoms with van der Waals surface area (Å²) in [5.74, 6) is 0. The number of hydrogen-bond acceptors (Lipinski definition) is 0. The van der Waals surface area contributed by atoms with Gasteiger partial charge in [0.2, 0.25) is 0 Å². The van der Waals surface area contributed by atoms with Crippen molar-refractivity contribution in [2.24, 2.45) is 0 Å². The van der Waals surface area contributed by atoms with Crippen LogP contribution >= 0.6 is 37.2 Å². The van der Waals surface area contributed by atoms with Gasteiger partial charge in [0.05, 0.1) is 0 Å². The van der Waals surface area contributed by atoms with Gasteiger partial charge in [-0.2, -0.15) is 0 Å². The zero-order chi connectivity index (χ0) is 4.12. The van der Waals surface area contributed by atoms with Crippen LogP contribution in [0.15, 0.2) is 0 Å².